The van der Waals surface area contributed by atoms with Crippen LogP contribution in [-0.2, 0) is 13.3 Å². The van der Waals surface area contributed by atoms with Crippen LogP contribution in [0.15, 0.2) is 12.7 Å². The van der Waals surface area contributed by atoms with Crippen molar-refractivity contribution in [2.75, 3.05) is 0 Å². The van der Waals surface area contributed by atoms with Crippen molar-refractivity contribution in [2.24, 2.45) is 0 Å². The predicted molar refractivity (Wildman–Crippen MR) is 83.3 cm³/mol. The van der Waals surface area contributed by atoms with Crippen LogP contribution in [0.4, 0.5) is 0 Å². The summed E-state index contributed by atoms with van der Waals surface area (Å²) in [7, 11) is -2.57. The van der Waals surface area contributed by atoms with Crippen molar-refractivity contribution in [3.05, 3.63) is 12.7 Å². The van der Waals surface area contributed by atoms with Crippen LogP contribution in [0.25, 0.3) is 0 Å². The van der Waals surface area contributed by atoms with Crippen molar-refractivity contribution in [1.29, 1.82) is 0 Å². The van der Waals surface area contributed by atoms with Crippen molar-refractivity contribution in [3.8, 4) is 0 Å². The molecule has 4 heteroatoms. The van der Waals surface area contributed by atoms with Gasteiger partial charge in [0.05, 0.1) is 0 Å². The minimum absolute atomic E-state index is 0.128. The lowest BCUT2D eigenvalue weighted by Gasteiger charge is -2.34. The standard InChI is InChI=1S/C15H32O3Si/c1-8-9-10-11-12-19(16-13(2)3,17-14(4)5)18-15(6)7/h8,13-15H,1,9-12H2,2-7H3. The Morgan fingerprint density at radius 3 is 1.58 bits per heavy atom. The first-order valence-electron chi connectivity index (χ1n) is 7.45. The molecule has 3 nitrogen and oxygen atoms in total. The van der Waals surface area contributed by atoms with Gasteiger partial charge >= 0.3 is 8.80 Å². The molecule has 0 aromatic carbocycles. The van der Waals surface area contributed by atoms with E-state index in [4.69, 9.17) is 13.3 Å². The van der Waals surface area contributed by atoms with Gasteiger partial charge in [0.25, 0.3) is 0 Å². The van der Waals surface area contributed by atoms with Gasteiger partial charge in [-0.05, 0) is 60.8 Å². The molecule has 0 aliphatic carbocycles. The van der Waals surface area contributed by atoms with Crippen molar-refractivity contribution < 1.29 is 13.3 Å². The molecule has 0 aliphatic rings. The fraction of sp³-hybridized carbons (Fsp3) is 0.867. The first-order valence-corrected chi connectivity index (χ1v) is 9.39. The molecule has 0 saturated carbocycles. The zero-order valence-electron chi connectivity index (χ0n) is 13.6. The first-order chi connectivity index (χ1) is 8.81. The molecule has 0 amide bonds. The second-order valence-corrected chi connectivity index (χ2v) is 8.29. The lowest BCUT2D eigenvalue weighted by molar-refractivity contribution is 0.00282. The van der Waals surface area contributed by atoms with E-state index < -0.39 is 8.80 Å². The minimum atomic E-state index is -2.57. The van der Waals surface area contributed by atoms with Crippen molar-refractivity contribution >= 4 is 8.80 Å². The summed E-state index contributed by atoms with van der Waals surface area (Å²) in [5, 5.41) is 0. The maximum atomic E-state index is 6.11. The van der Waals surface area contributed by atoms with Crippen LogP contribution in [0.5, 0.6) is 0 Å². The second kappa shape index (κ2) is 9.70. The summed E-state index contributed by atoms with van der Waals surface area (Å²) in [6, 6.07) is 0.884. The van der Waals surface area contributed by atoms with Gasteiger partial charge in [0.1, 0.15) is 0 Å². The molecule has 19 heavy (non-hydrogen) atoms. The average Bonchev–Trinajstić information content (AvgIpc) is 2.21. The second-order valence-electron chi connectivity index (χ2n) is 5.72. The average molecular weight is 289 g/mol. The Kier molecular flexibility index (Phi) is 9.61. The summed E-state index contributed by atoms with van der Waals surface area (Å²) in [5.41, 5.74) is 0. The molecular weight excluding hydrogens is 256 g/mol. The highest BCUT2D eigenvalue weighted by atomic mass is 28.4. The first kappa shape index (κ1) is 18.8. The van der Waals surface area contributed by atoms with E-state index in [1.807, 2.05) is 47.6 Å². The van der Waals surface area contributed by atoms with E-state index in [0.717, 1.165) is 25.3 Å². The van der Waals surface area contributed by atoms with Gasteiger partial charge in [0.2, 0.25) is 0 Å². The molecule has 0 radical (unpaired) electrons. The van der Waals surface area contributed by atoms with Gasteiger partial charge in [-0.1, -0.05) is 6.08 Å². The Bertz CT molecular complexity index is 213. The third-order valence-corrected chi connectivity index (χ3v) is 5.84. The molecule has 0 N–H and O–H groups in total. The molecular formula is C15H32O3Si. The van der Waals surface area contributed by atoms with Crippen molar-refractivity contribution in [1.82, 2.24) is 0 Å². The summed E-state index contributed by atoms with van der Waals surface area (Å²) in [6.07, 6.45) is 5.55. The van der Waals surface area contributed by atoms with Crippen LogP contribution in [0.1, 0.15) is 60.8 Å². The van der Waals surface area contributed by atoms with Crippen LogP contribution in [0.3, 0.4) is 0 Å². The Hall–Kier alpha value is -0.163. The molecule has 0 saturated heterocycles. The summed E-state index contributed by atoms with van der Waals surface area (Å²) < 4.78 is 18.3. The smallest absolute Gasteiger partial charge is 0.371 e. The molecule has 0 atom stereocenters. The Labute approximate surface area is 120 Å². The van der Waals surface area contributed by atoms with Crippen LogP contribution in [-0.4, -0.2) is 27.1 Å². The quantitative estimate of drug-likeness (QED) is 0.317. The SMILES string of the molecule is C=CCCCC[Si](OC(C)C)(OC(C)C)OC(C)C. The van der Waals surface area contributed by atoms with Crippen LogP contribution >= 0.6 is 0 Å². The summed E-state index contributed by atoms with van der Waals surface area (Å²) >= 11 is 0. The Balaban J connectivity index is 4.72. The van der Waals surface area contributed by atoms with E-state index in [1.54, 1.807) is 0 Å². The highest BCUT2D eigenvalue weighted by Gasteiger charge is 2.43. The lowest BCUT2D eigenvalue weighted by atomic mass is 10.2. The van der Waals surface area contributed by atoms with Gasteiger partial charge in [-0.2, -0.15) is 0 Å². The monoisotopic (exact) mass is 288 g/mol. The molecule has 0 bridgehead atoms. The number of hydrogen-bond donors (Lipinski definition) is 0. The van der Waals surface area contributed by atoms with Gasteiger partial charge in [-0.25, -0.2) is 0 Å². The fourth-order valence-corrected chi connectivity index (χ4v) is 5.33. The molecule has 0 fully saturated rings. The molecule has 0 heterocycles. The number of allylic oxidation sites excluding steroid dienone is 1. The van der Waals surface area contributed by atoms with Gasteiger partial charge in [-0.15, -0.1) is 6.58 Å². The number of rotatable bonds is 11. The summed E-state index contributed by atoms with van der Waals surface area (Å²) in [4.78, 5) is 0. The zero-order valence-corrected chi connectivity index (χ0v) is 14.6. The van der Waals surface area contributed by atoms with Crippen molar-refractivity contribution in [2.45, 2.75) is 85.2 Å². The van der Waals surface area contributed by atoms with Gasteiger partial charge < -0.3 is 13.3 Å². The van der Waals surface area contributed by atoms with Gasteiger partial charge in [0.15, 0.2) is 0 Å². The normalized spacial score (nSPS) is 12.7. The Morgan fingerprint density at radius 2 is 1.26 bits per heavy atom. The predicted octanol–water partition coefficient (Wildman–Crippen LogP) is 4.56. The van der Waals surface area contributed by atoms with Crippen molar-refractivity contribution in [3.63, 3.8) is 0 Å². The van der Waals surface area contributed by atoms with Crippen LogP contribution in [0.2, 0.25) is 6.04 Å². The van der Waals surface area contributed by atoms with E-state index >= 15 is 0 Å². The number of unbranched alkanes of at least 4 members (excludes halogenated alkanes) is 2. The third kappa shape index (κ3) is 9.38. The minimum Gasteiger partial charge on any atom is -0.371 e. The van der Waals surface area contributed by atoms with Crippen LogP contribution < -0.4 is 0 Å². The highest BCUT2D eigenvalue weighted by molar-refractivity contribution is 6.60. The van der Waals surface area contributed by atoms with E-state index in [2.05, 4.69) is 6.58 Å². The maximum Gasteiger partial charge on any atom is 0.501 e. The number of hydrogen-bond acceptors (Lipinski definition) is 3. The molecule has 0 aliphatic heterocycles. The lowest BCUT2D eigenvalue weighted by Crippen LogP contribution is -2.50. The van der Waals surface area contributed by atoms with Crippen LogP contribution in [0, 0.1) is 0 Å². The largest absolute Gasteiger partial charge is 0.501 e. The molecule has 0 aromatic rings. The zero-order chi connectivity index (χ0) is 14.9. The van der Waals surface area contributed by atoms with E-state index in [9.17, 15) is 0 Å². The molecule has 0 rings (SSSR count). The molecule has 0 unspecified atom stereocenters. The maximum absolute atomic E-state index is 6.11. The van der Waals surface area contributed by atoms with Gasteiger partial charge in [0, 0.05) is 24.4 Å². The third-order valence-electron chi connectivity index (χ3n) is 2.39. The highest BCUT2D eigenvalue weighted by Crippen LogP contribution is 2.24. The fourth-order valence-electron chi connectivity index (χ4n) is 1.97. The van der Waals surface area contributed by atoms with E-state index in [-0.39, 0.29) is 18.3 Å². The summed E-state index contributed by atoms with van der Waals surface area (Å²) in [6.45, 7) is 16.0. The molecule has 0 aromatic heterocycles. The van der Waals surface area contributed by atoms with Gasteiger partial charge in [-0.3, -0.25) is 0 Å². The van der Waals surface area contributed by atoms with E-state index in [1.165, 1.54) is 0 Å². The molecule has 0 spiro atoms. The van der Waals surface area contributed by atoms with E-state index in [0.29, 0.717) is 0 Å². The topological polar surface area (TPSA) is 27.7 Å². The molecule has 114 valence electrons. The summed E-state index contributed by atoms with van der Waals surface area (Å²) in [5.74, 6) is 0. The Morgan fingerprint density at radius 1 is 0.842 bits per heavy atom.